The van der Waals surface area contributed by atoms with E-state index in [1.165, 1.54) is 0 Å². The van der Waals surface area contributed by atoms with Gasteiger partial charge in [-0.2, -0.15) is 0 Å². The lowest BCUT2D eigenvalue weighted by atomic mass is 9.80. The third-order valence-electron chi connectivity index (χ3n) is 8.70. The van der Waals surface area contributed by atoms with E-state index in [1.54, 1.807) is 0 Å². The van der Waals surface area contributed by atoms with E-state index in [4.69, 9.17) is 14.2 Å². The molecule has 3 heterocycles. The van der Waals surface area contributed by atoms with Crippen molar-refractivity contribution in [2.45, 2.75) is 45.4 Å². The Hall–Kier alpha value is -4.61. The molecule has 0 saturated heterocycles. The molecule has 202 valence electrons. The number of amides is 1. The Morgan fingerprint density at radius 1 is 0.854 bits per heavy atom. The maximum Gasteiger partial charge on any atom is 0.261 e. The Balaban J connectivity index is 1.47. The first-order chi connectivity index (χ1) is 19.9. The van der Waals surface area contributed by atoms with Crippen molar-refractivity contribution >= 4 is 22.4 Å². The van der Waals surface area contributed by atoms with Gasteiger partial charge in [-0.05, 0) is 61.7 Å². The van der Waals surface area contributed by atoms with E-state index in [9.17, 15) is 4.79 Å². The molecule has 3 aliphatic heterocycles. The number of para-hydroxylation sites is 3. The van der Waals surface area contributed by atoms with Gasteiger partial charge in [-0.15, -0.1) is 0 Å². The van der Waals surface area contributed by atoms with E-state index >= 15 is 0 Å². The second-order valence-electron chi connectivity index (χ2n) is 11.5. The predicted octanol–water partition coefficient (Wildman–Crippen LogP) is 9.45. The summed E-state index contributed by atoms with van der Waals surface area (Å²) >= 11 is 0. The van der Waals surface area contributed by atoms with Gasteiger partial charge < -0.3 is 14.2 Å². The van der Waals surface area contributed by atoms with Gasteiger partial charge in [0.1, 0.15) is 23.0 Å². The highest BCUT2D eigenvalue weighted by Crippen LogP contribution is 2.59. The average Bonchev–Trinajstić information content (AvgIpc) is 2.97. The average molecular weight is 540 g/mol. The van der Waals surface area contributed by atoms with Gasteiger partial charge in [0.2, 0.25) is 0 Å². The normalized spacial score (nSPS) is 19.9. The molecule has 3 aliphatic rings. The van der Waals surface area contributed by atoms with Gasteiger partial charge in [0.15, 0.2) is 5.72 Å². The fourth-order valence-electron chi connectivity index (χ4n) is 6.90. The van der Waals surface area contributed by atoms with Crippen LogP contribution in [-0.2, 0) is 10.5 Å². The second-order valence-corrected chi connectivity index (χ2v) is 11.5. The van der Waals surface area contributed by atoms with Crippen molar-refractivity contribution in [2.75, 3.05) is 4.90 Å². The Labute approximate surface area is 238 Å². The quantitative estimate of drug-likeness (QED) is 0.225. The minimum absolute atomic E-state index is 0.110. The fourth-order valence-corrected chi connectivity index (χ4v) is 6.90. The first-order valence-electron chi connectivity index (χ1n) is 14.2. The van der Waals surface area contributed by atoms with Gasteiger partial charge in [0, 0.05) is 33.0 Å². The summed E-state index contributed by atoms with van der Waals surface area (Å²) in [7, 11) is 0. The van der Waals surface area contributed by atoms with Gasteiger partial charge in [-0.3, -0.25) is 9.69 Å². The van der Waals surface area contributed by atoms with E-state index in [-0.39, 0.29) is 17.9 Å². The van der Waals surface area contributed by atoms with Gasteiger partial charge in [-0.25, -0.2) is 0 Å². The van der Waals surface area contributed by atoms with Crippen LogP contribution in [0.1, 0.15) is 66.8 Å². The fraction of sp³-hybridized carbons (Fsp3) is 0.194. The van der Waals surface area contributed by atoms with Crippen LogP contribution in [0.4, 0.5) is 5.69 Å². The van der Waals surface area contributed by atoms with Crippen molar-refractivity contribution in [3.63, 3.8) is 0 Å². The molecule has 2 atom stereocenters. The van der Waals surface area contributed by atoms with Crippen molar-refractivity contribution in [2.24, 2.45) is 0 Å². The van der Waals surface area contributed by atoms with Crippen LogP contribution in [0.2, 0.25) is 0 Å². The molecule has 5 aromatic rings. The molecule has 0 bridgehead atoms. The molecule has 0 spiro atoms. The first kappa shape index (κ1) is 24.2. The Morgan fingerprint density at radius 3 is 2.44 bits per heavy atom. The van der Waals surface area contributed by atoms with Gasteiger partial charge >= 0.3 is 0 Å². The lowest BCUT2D eigenvalue weighted by Gasteiger charge is -2.51. The largest absolute Gasteiger partial charge is 0.457 e. The van der Waals surface area contributed by atoms with Crippen LogP contribution >= 0.6 is 0 Å². The van der Waals surface area contributed by atoms with Crippen molar-refractivity contribution in [1.29, 1.82) is 0 Å². The summed E-state index contributed by atoms with van der Waals surface area (Å²) < 4.78 is 19.8. The molecule has 0 N–H and O–H groups in total. The highest BCUT2D eigenvalue weighted by atomic mass is 16.5. The van der Waals surface area contributed by atoms with Crippen LogP contribution < -0.4 is 14.4 Å². The lowest BCUT2D eigenvalue weighted by molar-refractivity contribution is -0.0892. The van der Waals surface area contributed by atoms with E-state index in [2.05, 4.69) is 45.0 Å². The number of carbonyl (C=O) groups excluding carboxylic acids is 1. The minimum Gasteiger partial charge on any atom is -0.457 e. The zero-order valence-electron chi connectivity index (χ0n) is 23.4. The molecule has 5 nitrogen and oxygen atoms in total. The number of rotatable bonds is 3. The molecule has 2 unspecified atom stereocenters. The summed E-state index contributed by atoms with van der Waals surface area (Å²) in [6.45, 7) is 8.43. The zero-order chi connectivity index (χ0) is 28.0. The maximum atomic E-state index is 14.8. The van der Waals surface area contributed by atoms with Crippen LogP contribution in [0.5, 0.6) is 23.0 Å². The summed E-state index contributed by atoms with van der Waals surface area (Å²) in [6, 6.07) is 29.9. The lowest BCUT2D eigenvalue weighted by Crippen LogP contribution is -2.55. The molecule has 0 aromatic heterocycles. The summed E-state index contributed by atoms with van der Waals surface area (Å²) in [4.78, 5) is 16.7. The number of nitrogens with zero attached hydrogens (tertiary/aromatic N) is 1. The summed E-state index contributed by atoms with van der Waals surface area (Å²) in [6.07, 6.45) is -0.195. The van der Waals surface area contributed by atoms with Crippen molar-refractivity contribution in [3.8, 4) is 34.1 Å². The van der Waals surface area contributed by atoms with Crippen LogP contribution in [0, 0.1) is 0 Å². The topological polar surface area (TPSA) is 48.0 Å². The number of anilines is 1. The Kier molecular flexibility index (Phi) is 4.99. The highest BCUT2D eigenvalue weighted by molar-refractivity contribution is 6.23. The number of benzene rings is 5. The SMILES string of the molecule is CC(C)c1cccc2c1N1C(=O)c3cc(Oc4ccccc4)c4c5c(ccc(c35)C1(C)OC2C)Oc1ccccc1-4. The molecule has 0 fully saturated rings. The minimum atomic E-state index is -1.00. The third kappa shape index (κ3) is 3.24. The summed E-state index contributed by atoms with van der Waals surface area (Å²) in [5.41, 5.74) is 5.46. The molecular formula is C36H29NO4. The van der Waals surface area contributed by atoms with E-state index in [0.717, 1.165) is 50.0 Å². The Bertz CT molecular complexity index is 1900. The van der Waals surface area contributed by atoms with Crippen LogP contribution in [-0.4, -0.2) is 5.91 Å². The summed E-state index contributed by atoms with van der Waals surface area (Å²) in [5, 5.41) is 1.73. The molecule has 0 saturated carbocycles. The van der Waals surface area contributed by atoms with Crippen LogP contribution in [0.15, 0.2) is 91.0 Å². The zero-order valence-corrected chi connectivity index (χ0v) is 23.4. The predicted molar refractivity (Wildman–Crippen MR) is 160 cm³/mol. The molecule has 8 rings (SSSR count). The molecule has 1 amide bonds. The maximum absolute atomic E-state index is 14.8. The summed E-state index contributed by atoms with van der Waals surface area (Å²) in [5.74, 6) is 2.90. The van der Waals surface area contributed by atoms with Crippen LogP contribution in [0.25, 0.3) is 21.9 Å². The van der Waals surface area contributed by atoms with Crippen LogP contribution in [0.3, 0.4) is 0 Å². The number of hydrogen-bond donors (Lipinski definition) is 0. The van der Waals surface area contributed by atoms with Gasteiger partial charge in [0.05, 0.1) is 17.4 Å². The number of hydrogen-bond acceptors (Lipinski definition) is 4. The number of ether oxygens (including phenoxy) is 3. The molecule has 5 heteroatoms. The van der Waals surface area contributed by atoms with Gasteiger partial charge in [0.25, 0.3) is 5.91 Å². The molecule has 41 heavy (non-hydrogen) atoms. The van der Waals surface area contributed by atoms with Crippen molar-refractivity contribution in [1.82, 2.24) is 0 Å². The third-order valence-corrected chi connectivity index (χ3v) is 8.70. The molecular weight excluding hydrogens is 510 g/mol. The van der Waals surface area contributed by atoms with Crippen molar-refractivity contribution < 1.29 is 19.0 Å². The van der Waals surface area contributed by atoms with Crippen molar-refractivity contribution in [3.05, 3.63) is 113 Å². The Morgan fingerprint density at radius 2 is 1.63 bits per heavy atom. The molecule has 0 radical (unpaired) electrons. The smallest absolute Gasteiger partial charge is 0.261 e. The van der Waals surface area contributed by atoms with E-state index in [0.29, 0.717) is 22.8 Å². The molecule has 5 aromatic carbocycles. The second kappa shape index (κ2) is 8.45. The first-order valence-corrected chi connectivity index (χ1v) is 14.2. The number of fused-ring (bicyclic) bond motifs is 6. The van der Waals surface area contributed by atoms with E-state index < -0.39 is 5.72 Å². The number of carbonyl (C=O) groups is 1. The van der Waals surface area contributed by atoms with Gasteiger partial charge in [-0.1, -0.05) is 68.4 Å². The molecule has 0 aliphatic carbocycles. The highest BCUT2D eigenvalue weighted by Gasteiger charge is 2.52. The standard InChI is InChI=1S/C36H29NO4/c1-20(2)23-14-10-15-24-21(3)41-36(4)27-17-18-29-33-31(27)26(35(38)37(36)34(23)24)19-30(39-22-11-6-5-7-12-22)32(33)25-13-8-9-16-28(25)40-29/h5-21H,1-4H3. The van der Waals surface area contributed by atoms with E-state index in [1.807, 2.05) is 78.6 Å². The monoisotopic (exact) mass is 539 g/mol.